The van der Waals surface area contributed by atoms with Crippen molar-refractivity contribution >= 4 is 54.6 Å². The Morgan fingerprint density at radius 1 is 0.500 bits per heavy atom. The van der Waals surface area contributed by atoms with Crippen LogP contribution in [0.3, 0.4) is 0 Å². The lowest BCUT2D eigenvalue weighted by atomic mass is 9.88. The van der Waals surface area contributed by atoms with Gasteiger partial charge in [0.25, 0.3) is 6.33 Å². The Morgan fingerprint density at radius 3 is 1.95 bits per heavy atom. The fraction of sp³-hybridized carbons (Fsp3) is 0.0769. The standard InChI is InChI=1S/C52H39N5O/c1-52(2,3)35-28-29-53-51(30-35)57-47-27-24-38(56-45-20-9-7-18-41(45)42-19-8-10-21-46(42)56)32-44(47)43-26-25-40(33-50(43)57)58-39-17-13-16-37(31-39)55-34-54(36-14-5-4-6-15-36)48-22-11-12-23-49(48)55/h4-33H,1-3H3. The Hall–Kier alpha value is -7.44. The summed E-state index contributed by atoms with van der Waals surface area (Å²) in [5, 5.41) is 4.76. The summed E-state index contributed by atoms with van der Waals surface area (Å²) in [7, 11) is 0. The Balaban J connectivity index is 1.05. The van der Waals surface area contributed by atoms with E-state index in [1.807, 2.05) is 24.4 Å². The van der Waals surface area contributed by atoms with E-state index in [0.717, 1.165) is 67.2 Å². The number of pyridine rings is 1. The Bertz CT molecular complexity index is 3310. The van der Waals surface area contributed by atoms with Gasteiger partial charge in [0, 0.05) is 39.5 Å². The van der Waals surface area contributed by atoms with Gasteiger partial charge in [0.2, 0.25) is 0 Å². The maximum Gasteiger partial charge on any atom is 0.269 e. The van der Waals surface area contributed by atoms with Crippen molar-refractivity contribution in [1.82, 2.24) is 18.7 Å². The predicted octanol–water partition coefficient (Wildman–Crippen LogP) is 12.4. The molecule has 0 saturated heterocycles. The number of fused-ring (bicyclic) bond motifs is 7. The fourth-order valence-corrected chi connectivity index (χ4v) is 8.49. The highest BCUT2D eigenvalue weighted by molar-refractivity contribution is 6.12. The van der Waals surface area contributed by atoms with Crippen molar-refractivity contribution < 1.29 is 9.30 Å². The number of aromatic nitrogens is 5. The SMILES string of the molecule is CC(C)(C)c1ccnc(-n2c3ccc(-n4c5ccccc5c5ccccc54)cc3c3ccc(Oc4cccc(-n5[c-][n+](-c6ccccc6)c6ccccc65)c4)cc32)c1. The van der Waals surface area contributed by atoms with Gasteiger partial charge in [-0.05, 0) is 95.9 Å². The molecule has 0 bridgehead atoms. The number of benzene rings is 7. The van der Waals surface area contributed by atoms with Crippen molar-refractivity contribution in [1.29, 1.82) is 0 Å². The molecule has 0 saturated carbocycles. The van der Waals surface area contributed by atoms with Crippen LogP contribution >= 0.6 is 0 Å². The average molecular weight is 750 g/mol. The van der Waals surface area contributed by atoms with Gasteiger partial charge in [-0.25, -0.2) is 4.98 Å². The third-order valence-corrected chi connectivity index (χ3v) is 11.3. The summed E-state index contributed by atoms with van der Waals surface area (Å²) in [6.07, 6.45) is 5.52. The molecule has 0 N–H and O–H groups in total. The van der Waals surface area contributed by atoms with E-state index in [1.165, 1.54) is 27.4 Å². The van der Waals surface area contributed by atoms with Crippen LogP contribution in [0.4, 0.5) is 0 Å². The van der Waals surface area contributed by atoms with Gasteiger partial charge in [-0.1, -0.05) is 106 Å². The Morgan fingerprint density at radius 2 is 1.17 bits per heavy atom. The van der Waals surface area contributed by atoms with Crippen LogP contribution < -0.4 is 9.30 Å². The minimum Gasteiger partial charge on any atom is -0.458 e. The number of rotatable bonds is 6. The molecule has 0 spiro atoms. The van der Waals surface area contributed by atoms with Gasteiger partial charge in [-0.2, -0.15) is 0 Å². The van der Waals surface area contributed by atoms with Crippen molar-refractivity contribution in [3.8, 4) is 34.4 Å². The van der Waals surface area contributed by atoms with Crippen LogP contribution in [0.25, 0.3) is 77.5 Å². The van der Waals surface area contributed by atoms with Gasteiger partial charge in [-0.3, -0.25) is 13.7 Å². The molecular weight excluding hydrogens is 711 g/mol. The summed E-state index contributed by atoms with van der Waals surface area (Å²) >= 11 is 0. The first-order valence-electron chi connectivity index (χ1n) is 19.7. The highest BCUT2D eigenvalue weighted by Crippen LogP contribution is 2.39. The molecule has 0 unspecified atom stereocenters. The quantitative estimate of drug-likeness (QED) is 0.125. The second kappa shape index (κ2) is 13.1. The molecule has 278 valence electrons. The second-order valence-electron chi connectivity index (χ2n) is 15.9. The molecule has 4 heterocycles. The first kappa shape index (κ1) is 33.9. The van der Waals surface area contributed by atoms with Crippen molar-refractivity contribution in [2.75, 3.05) is 0 Å². The number of ether oxygens (including phenoxy) is 1. The smallest absolute Gasteiger partial charge is 0.269 e. The van der Waals surface area contributed by atoms with Gasteiger partial charge in [0.15, 0.2) is 0 Å². The van der Waals surface area contributed by atoms with Crippen LogP contribution in [0.15, 0.2) is 182 Å². The van der Waals surface area contributed by atoms with E-state index in [4.69, 9.17) is 9.72 Å². The molecule has 11 rings (SSSR count). The number of nitrogens with zero attached hydrogens (tertiary/aromatic N) is 5. The Labute approximate surface area is 336 Å². The number of para-hydroxylation sites is 5. The lowest BCUT2D eigenvalue weighted by Gasteiger charge is -2.20. The zero-order valence-corrected chi connectivity index (χ0v) is 32.5. The third kappa shape index (κ3) is 5.48. The van der Waals surface area contributed by atoms with E-state index in [1.54, 1.807) is 0 Å². The van der Waals surface area contributed by atoms with Gasteiger partial charge in [0.1, 0.15) is 17.3 Å². The first-order valence-corrected chi connectivity index (χ1v) is 19.7. The molecule has 58 heavy (non-hydrogen) atoms. The summed E-state index contributed by atoms with van der Waals surface area (Å²) in [6, 6.07) is 61.8. The zero-order chi connectivity index (χ0) is 39.0. The van der Waals surface area contributed by atoms with Gasteiger partial charge < -0.3 is 9.30 Å². The molecule has 11 aromatic rings. The molecule has 0 fully saturated rings. The fourth-order valence-electron chi connectivity index (χ4n) is 8.49. The molecule has 0 aliphatic rings. The summed E-state index contributed by atoms with van der Waals surface area (Å²) in [6.45, 7) is 6.72. The van der Waals surface area contributed by atoms with Crippen LogP contribution in [-0.4, -0.2) is 18.7 Å². The summed E-state index contributed by atoms with van der Waals surface area (Å²) in [4.78, 5) is 4.97. The molecule has 0 radical (unpaired) electrons. The van der Waals surface area contributed by atoms with Crippen molar-refractivity contribution in [2.45, 2.75) is 26.2 Å². The minimum atomic E-state index is -0.0394. The van der Waals surface area contributed by atoms with E-state index < -0.39 is 0 Å². The number of imidazole rings is 1. The molecule has 0 aliphatic heterocycles. The van der Waals surface area contributed by atoms with E-state index in [9.17, 15) is 0 Å². The van der Waals surface area contributed by atoms with Crippen LogP contribution in [0.5, 0.6) is 11.5 Å². The molecule has 4 aromatic heterocycles. The van der Waals surface area contributed by atoms with Crippen molar-refractivity contribution in [3.05, 3.63) is 194 Å². The largest absolute Gasteiger partial charge is 0.458 e. The van der Waals surface area contributed by atoms with Gasteiger partial charge in [-0.15, -0.1) is 0 Å². The maximum atomic E-state index is 6.72. The summed E-state index contributed by atoms with van der Waals surface area (Å²) in [5.41, 5.74) is 10.9. The molecule has 7 aromatic carbocycles. The molecule has 0 amide bonds. The van der Waals surface area contributed by atoms with E-state index in [0.29, 0.717) is 0 Å². The van der Waals surface area contributed by atoms with Crippen LogP contribution in [-0.2, 0) is 5.41 Å². The van der Waals surface area contributed by atoms with E-state index >= 15 is 0 Å². The highest BCUT2D eigenvalue weighted by atomic mass is 16.5. The minimum absolute atomic E-state index is 0.0394. The van der Waals surface area contributed by atoms with Crippen LogP contribution in [0, 0.1) is 6.33 Å². The van der Waals surface area contributed by atoms with Crippen molar-refractivity contribution in [2.24, 2.45) is 0 Å². The monoisotopic (exact) mass is 749 g/mol. The van der Waals surface area contributed by atoms with Crippen LogP contribution in [0.2, 0.25) is 0 Å². The number of hydrogen-bond donors (Lipinski definition) is 0. The summed E-state index contributed by atoms with van der Waals surface area (Å²) in [5.74, 6) is 2.35. The third-order valence-electron chi connectivity index (χ3n) is 11.3. The number of hydrogen-bond acceptors (Lipinski definition) is 2. The van der Waals surface area contributed by atoms with Crippen LogP contribution in [0.1, 0.15) is 26.3 Å². The lowest BCUT2D eigenvalue weighted by molar-refractivity contribution is -0.572. The highest BCUT2D eigenvalue weighted by Gasteiger charge is 2.20. The van der Waals surface area contributed by atoms with Gasteiger partial charge >= 0.3 is 0 Å². The molecular formula is C52H39N5O. The average Bonchev–Trinajstić information content (AvgIpc) is 3.92. The van der Waals surface area contributed by atoms with Gasteiger partial charge in [0.05, 0.1) is 44.5 Å². The van der Waals surface area contributed by atoms with Crippen molar-refractivity contribution in [3.63, 3.8) is 0 Å². The predicted molar refractivity (Wildman–Crippen MR) is 235 cm³/mol. The van der Waals surface area contributed by atoms with E-state index in [-0.39, 0.29) is 5.41 Å². The molecule has 6 heteroatoms. The summed E-state index contributed by atoms with van der Waals surface area (Å²) < 4.78 is 15.6. The van der Waals surface area contributed by atoms with E-state index in [2.05, 4.69) is 203 Å². The normalized spacial score (nSPS) is 12.1. The molecule has 0 atom stereocenters. The molecule has 6 nitrogen and oxygen atoms in total. The zero-order valence-electron chi connectivity index (χ0n) is 32.5. The first-order chi connectivity index (χ1) is 28.4. The maximum absolute atomic E-state index is 6.72. The second-order valence-corrected chi connectivity index (χ2v) is 15.9. The molecule has 0 aliphatic carbocycles. The topological polar surface area (TPSA) is 40.8 Å². The lowest BCUT2D eigenvalue weighted by Crippen LogP contribution is -2.29. The Kier molecular flexibility index (Phi) is 7.63.